The summed E-state index contributed by atoms with van der Waals surface area (Å²) in [4.78, 5) is 24.6. The molecule has 0 fully saturated rings. The molecule has 6 nitrogen and oxygen atoms in total. The van der Waals surface area contributed by atoms with Gasteiger partial charge in [-0.05, 0) is 61.0 Å². The summed E-state index contributed by atoms with van der Waals surface area (Å²) in [6.45, 7) is 1.71. The molecular weight excluding hydrogens is 461 g/mol. The molecule has 0 saturated heterocycles. The normalized spacial score (nSPS) is 11.2. The predicted octanol–water partition coefficient (Wildman–Crippen LogP) is 5.76. The van der Waals surface area contributed by atoms with E-state index in [0.717, 1.165) is 5.56 Å². The first-order chi connectivity index (χ1) is 14.7. The maximum absolute atomic E-state index is 12.4. The zero-order chi connectivity index (χ0) is 22.5. The van der Waals surface area contributed by atoms with Gasteiger partial charge in [-0.25, -0.2) is 5.43 Å². The Kier molecular flexibility index (Phi) is 7.17. The van der Waals surface area contributed by atoms with Gasteiger partial charge in [-0.3, -0.25) is 9.59 Å². The summed E-state index contributed by atoms with van der Waals surface area (Å²) in [7, 11) is 0. The van der Waals surface area contributed by atoms with Gasteiger partial charge in [0.15, 0.2) is 0 Å². The van der Waals surface area contributed by atoms with Crippen LogP contribution in [-0.2, 0) is 0 Å². The quantitative estimate of drug-likeness (QED) is 0.323. The summed E-state index contributed by atoms with van der Waals surface area (Å²) in [5.41, 5.74) is 4.50. The molecule has 0 radical (unpaired) electrons. The van der Waals surface area contributed by atoms with E-state index >= 15 is 0 Å². The molecule has 31 heavy (non-hydrogen) atoms. The molecule has 0 bridgehead atoms. The van der Waals surface area contributed by atoms with Crippen molar-refractivity contribution in [1.82, 2.24) is 5.43 Å². The van der Waals surface area contributed by atoms with Crippen LogP contribution in [0, 0.1) is 0 Å². The van der Waals surface area contributed by atoms with Crippen molar-refractivity contribution in [2.24, 2.45) is 5.10 Å². The first-order valence-corrected chi connectivity index (χ1v) is 10.1. The smallest absolute Gasteiger partial charge is 0.275 e. The third-order valence-corrected chi connectivity index (χ3v) is 5.05. The molecule has 0 saturated carbocycles. The Hall–Kier alpha value is -3.06. The van der Waals surface area contributed by atoms with Crippen LogP contribution in [0.4, 0.5) is 5.69 Å². The third kappa shape index (κ3) is 5.76. The van der Waals surface area contributed by atoms with E-state index in [-0.39, 0.29) is 22.2 Å². The molecule has 2 amide bonds. The molecule has 0 atom stereocenters. The number of hydrogen-bond acceptors (Lipinski definition) is 4. The average molecular weight is 477 g/mol. The van der Waals surface area contributed by atoms with E-state index in [2.05, 4.69) is 15.8 Å². The van der Waals surface area contributed by atoms with Crippen molar-refractivity contribution >= 4 is 58.0 Å². The molecule has 3 rings (SSSR count). The van der Waals surface area contributed by atoms with E-state index in [1.807, 2.05) is 0 Å². The number of benzene rings is 3. The number of hydrazone groups is 1. The SMILES string of the molecule is C/C(=N\NC(=O)c1cc(Cl)ccc1O)c1ccc(NC(=O)c2ccc(Cl)cc2Cl)cc1. The zero-order valence-corrected chi connectivity index (χ0v) is 18.4. The molecular formula is C22H16Cl3N3O3. The van der Waals surface area contributed by atoms with Crippen LogP contribution < -0.4 is 10.7 Å². The lowest BCUT2D eigenvalue weighted by Gasteiger charge is -2.08. The molecule has 0 spiro atoms. The van der Waals surface area contributed by atoms with Crippen LogP contribution in [-0.4, -0.2) is 22.6 Å². The first-order valence-electron chi connectivity index (χ1n) is 8.94. The number of phenols is 1. The maximum atomic E-state index is 12.4. The van der Waals surface area contributed by atoms with Gasteiger partial charge in [-0.1, -0.05) is 46.9 Å². The van der Waals surface area contributed by atoms with Gasteiger partial charge in [0, 0.05) is 15.7 Å². The summed E-state index contributed by atoms with van der Waals surface area (Å²) in [5, 5.41) is 17.6. The third-order valence-electron chi connectivity index (χ3n) is 4.26. The van der Waals surface area contributed by atoms with Gasteiger partial charge in [0.05, 0.1) is 21.9 Å². The Labute approximate surface area is 193 Å². The minimum atomic E-state index is -0.594. The number of phenolic OH excluding ortho intramolecular Hbond substituents is 1. The molecule has 0 aliphatic carbocycles. The Morgan fingerprint density at radius 1 is 0.839 bits per heavy atom. The lowest BCUT2D eigenvalue weighted by molar-refractivity contribution is 0.0951. The van der Waals surface area contributed by atoms with Gasteiger partial charge >= 0.3 is 0 Å². The number of aromatic hydroxyl groups is 1. The fourth-order valence-corrected chi connectivity index (χ4v) is 3.28. The molecule has 3 aromatic rings. The van der Waals surface area contributed by atoms with Crippen LogP contribution in [0.3, 0.4) is 0 Å². The second kappa shape index (κ2) is 9.83. The fourth-order valence-electron chi connectivity index (χ4n) is 2.62. The van der Waals surface area contributed by atoms with Crippen LogP contribution >= 0.6 is 34.8 Å². The van der Waals surface area contributed by atoms with Gasteiger partial charge in [-0.2, -0.15) is 5.10 Å². The van der Waals surface area contributed by atoms with E-state index in [0.29, 0.717) is 27.0 Å². The molecule has 3 N–H and O–H groups in total. The highest BCUT2D eigenvalue weighted by Crippen LogP contribution is 2.23. The topological polar surface area (TPSA) is 90.8 Å². The monoisotopic (exact) mass is 475 g/mol. The Balaban J connectivity index is 1.66. The number of hydrogen-bond donors (Lipinski definition) is 3. The van der Waals surface area contributed by atoms with Gasteiger partial charge in [-0.15, -0.1) is 0 Å². The second-order valence-electron chi connectivity index (χ2n) is 6.46. The van der Waals surface area contributed by atoms with Crippen LogP contribution in [0.1, 0.15) is 33.2 Å². The number of nitrogens with one attached hydrogen (secondary N) is 2. The lowest BCUT2D eigenvalue weighted by Crippen LogP contribution is -2.19. The van der Waals surface area contributed by atoms with E-state index in [1.165, 1.54) is 24.3 Å². The van der Waals surface area contributed by atoms with Gasteiger partial charge in [0.1, 0.15) is 5.75 Å². The summed E-state index contributed by atoms with van der Waals surface area (Å²) in [6, 6.07) is 15.7. The summed E-state index contributed by atoms with van der Waals surface area (Å²) < 4.78 is 0. The molecule has 3 aromatic carbocycles. The Bertz CT molecular complexity index is 1180. The van der Waals surface area contributed by atoms with Crippen molar-refractivity contribution in [3.8, 4) is 5.75 Å². The second-order valence-corrected chi connectivity index (χ2v) is 7.74. The largest absolute Gasteiger partial charge is 0.507 e. The molecule has 158 valence electrons. The summed E-state index contributed by atoms with van der Waals surface area (Å²) in [5.74, 6) is -1.16. The van der Waals surface area contributed by atoms with Crippen LogP contribution in [0.15, 0.2) is 65.8 Å². The lowest BCUT2D eigenvalue weighted by atomic mass is 10.1. The van der Waals surface area contributed by atoms with Gasteiger partial charge in [0.25, 0.3) is 11.8 Å². The standard InChI is InChI=1S/C22H16Cl3N3O3/c1-12(27-28-22(31)18-10-14(23)5-9-20(18)29)13-2-6-16(7-3-13)26-21(30)17-8-4-15(24)11-19(17)25/h2-11,29H,1H3,(H,26,30)(H,28,31)/b27-12+. The predicted molar refractivity (Wildman–Crippen MR) is 124 cm³/mol. The van der Waals surface area contributed by atoms with Crippen molar-refractivity contribution in [1.29, 1.82) is 0 Å². The number of amides is 2. The van der Waals surface area contributed by atoms with E-state index in [9.17, 15) is 14.7 Å². The van der Waals surface area contributed by atoms with Gasteiger partial charge < -0.3 is 10.4 Å². The minimum Gasteiger partial charge on any atom is -0.507 e. The zero-order valence-electron chi connectivity index (χ0n) is 16.1. The Morgan fingerprint density at radius 3 is 2.16 bits per heavy atom. The maximum Gasteiger partial charge on any atom is 0.275 e. The highest BCUT2D eigenvalue weighted by atomic mass is 35.5. The van der Waals surface area contributed by atoms with Crippen LogP contribution in [0.5, 0.6) is 5.75 Å². The molecule has 0 aliphatic rings. The summed E-state index contributed by atoms with van der Waals surface area (Å²) in [6.07, 6.45) is 0. The van der Waals surface area contributed by atoms with Gasteiger partial charge in [0.2, 0.25) is 0 Å². The van der Waals surface area contributed by atoms with Crippen molar-refractivity contribution < 1.29 is 14.7 Å². The van der Waals surface area contributed by atoms with Crippen LogP contribution in [0.25, 0.3) is 0 Å². The Morgan fingerprint density at radius 2 is 1.48 bits per heavy atom. The highest BCUT2D eigenvalue weighted by molar-refractivity contribution is 6.37. The van der Waals surface area contributed by atoms with Crippen molar-refractivity contribution in [3.63, 3.8) is 0 Å². The number of carbonyl (C=O) groups excluding carboxylic acids is 2. The van der Waals surface area contributed by atoms with Crippen molar-refractivity contribution in [2.45, 2.75) is 6.92 Å². The number of anilines is 1. The molecule has 0 unspecified atom stereocenters. The number of halogens is 3. The van der Waals surface area contributed by atoms with Crippen molar-refractivity contribution in [3.05, 3.63) is 92.4 Å². The molecule has 0 aromatic heterocycles. The van der Waals surface area contributed by atoms with Crippen molar-refractivity contribution in [2.75, 3.05) is 5.32 Å². The van der Waals surface area contributed by atoms with E-state index in [4.69, 9.17) is 34.8 Å². The van der Waals surface area contributed by atoms with Crippen LogP contribution in [0.2, 0.25) is 15.1 Å². The average Bonchev–Trinajstić information content (AvgIpc) is 2.74. The fraction of sp³-hybridized carbons (Fsp3) is 0.0455. The number of carbonyl (C=O) groups is 2. The minimum absolute atomic E-state index is 0.0166. The highest BCUT2D eigenvalue weighted by Gasteiger charge is 2.13. The molecule has 9 heteroatoms. The van der Waals surface area contributed by atoms with E-state index < -0.39 is 5.91 Å². The first kappa shape index (κ1) is 22.6. The van der Waals surface area contributed by atoms with E-state index in [1.54, 1.807) is 43.3 Å². The molecule has 0 heterocycles. The number of nitrogens with zero attached hydrogens (tertiary/aromatic N) is 1. The summed E-state index contributed by atoms with van der Waals surface area (Å²) >= 11 is 17.8. The molecule has 0 aliphatic heterocycles. The number of rotatable bonds is 5.